The van der Waals surface area contributed by atoms with Crippen LogP contribution in [0.5, 0.6) is 0 Å². The SMILES string of the molecule is CCC1CCC(CNC2CCN(C(C)C)C2)CC1. The summed E-state index contributed by atoms with van der Waals surface area (Å²) in [6, 6.07) is 1.48. The summed E-state index contributed by atoms with van der Waals surface area (Å²) in [5.41, 5.74) is 0. The Morgan fingerprint density at radius 1 is 1.06 bits per heavy atom. The van der Waals surface area contributed by atoms with Crippen molar-refractivity contribution in [3.8, 4) is 0 Å². The van der Waals surface area contributed by atoms with E-state index in [0.29, 0.717) is 0 Å². The quantitative estimate of drug-likeness (QED) is 0.808. The molecule has 2 aliphatic rings. The van der Waals surface area contributed by atoms with E-state index < -0.39 is 0 Å². The smallest absolute Gasteiger partial charge is 0.0207 e. The van der Waals surface area contributed by atoms with Crippen LogP contribution < -0.4 is 5.32 Å². The molecule has 1 saturated carbocycles. The van der Waals surface area contributed by atoms with Crippen molar-refractivity contribution in [3.63, 3.8) is 0 Å². The minimum absolute atomic E-state index is 0.719. The molecule has 1 aliphatic heterocycles. The molecule has 0 aromatic carbocycles. The van der Waals surface area contributed by atoms with E-state index >= 15 is 0 Å². The van der Waals surface area contributed by atoms with Gasteiger partial charge in [0.2, 0.25) is 0 Å². The lowest BCUT2D eigenvalue weighted by Crippen LogP contribution is -2.38. The molecule has 1 atom stereocenters. The lowest BCUT2D eigenvalue weighted by atomic mass is 9.81. The highest BCUT2D eigenvalue weighted by Gasteiger charge is 2.25. The fraction of sp³-hybridized carbons (Fsp3) is 1.00. The third kappa shape index (κ3) is 3.96. The Morgan fingerprint density at radius 2 is 1.72 bits per heavy atom. The van der Waals surface area contributed by atoms with Crippen LogP contribution in [0.15, 0.2) is 0 Å². The zero-order valence-corrected chi connectivity index (χ0v) is 12.6. The molecule has 1 heterocycles. The summed E-state index contributed by atoms with van der Waals surface area (Å²) in [4.78, 5) is 2.60. The van der Waals surface area contributed by atoms with Gasteiger partial charge in [0.05, 0.1) is 0 Å². The molecular weight excluding hydrogens is 220 g/mol. The molecule has 0 aromatic heterocycles. The zero-order chi connectivity index (χ0) is 13.0. The molecule has 1 unspecified atom stereocenters. The standard InChI is InChI=1S/C16H32N2/c1-4-14-5-7-15(8-6-14)11-17-16-9-10-18(12-16)13(2)3/h13-17H,4-12H2,1-3H3. The second kappa shape index (κ2) is 6.91. The first-order valence-corrected chi connectivity index (χ1v) is 8.16. The van der Waals surface area contributed by atoms with E-state index in [1.54, 1.807) is 0 Å². The predicted molar refractivity (Wildman–Crippen MR) is 78.9 cm³/mol. The molecule has 1 aliphatic carbocycles. The third-order valence-corrected chi connectivity index (χ3v) is 5.19. The molecule has 2 fully saturated rings. The summed E-state index contributed by atoms with van der Waals surface area (Å²) >= 11 is 0. The number of rotatable bonds is 5. The third-order valence-electron chi connectivity index (χ3n) is 5.19. The lowest BCUT2D eigenvalue weighted by Gasteiger charge is -2.29. The molecule has 1 N–H and O–H groups in total. The molecule has 0 spiro atoms. The summed E-state index contributed by atoms with van der Waals surface area (Å²) in [6.07, 6.45) is 8.63. The molecular formula is C16H32N2. The highest BCUT2D eigenvalue weighted by Crippen LogP contribution is 2.30. The monoisotopic (exact) mass is 252 g/mol. The van der Waals surface area contributed by atoms with Gasteiger partial charge in [-0.05, 0) is 58.0 Å². The Hall–Kier alpha value is -0.0800. The Kier molecular flexibility index (Phi) is 5.50. The summed E-state index contributed by atoms with van der Waals surface area (Å²) in [5, 5.41) is 3.83. The molecule has 0 aromatic rings. The second-order valence-corrected chi connectivity index (χ2v) is 6.78. The molecule has 0 bridgehead atoms. The van der Waals surface area contributed by atoms with Crippen molar-refractivity contribution >= 4 is 0 Å². The van der Waals surface area contributed by atoms with E-state index in [9.17, 15) is 0 Å². The zero-order valence-electron chi connectivity index (χ0n) is 12.6. The molecule has 0 radical (unpaired) electrons. The van der Waals surface area contributed by atoms with Gasteiger partial charge >= 0.3 is 0 Å². The average Bonchev–Trinajstić information content (AvgIpc) is 2.86. The number of likely N-dealkylation sites (tertiary alicyclic amines) is 1. The van der Waals surface area contributed by atoms with Gasteiger partial charge in [-0.25, -0.2) is 0 Å². The van der Waals surface area contributed by atoms with Gasteiger partial charge in [-0.2, -0.15) is 0 Å². The van der Waals surface area contributed by atoms with Crippen LogP contribution in [0.4, 0.5) is 0 Å². The van der Waals surface area contributed by atoms with Crippen LogP contribution in [0.2, 0.25) is 0 Å². The topological polar surface area (TPSA) is 15.3 Å². The van der Waals surface area contributed by atoms with Crippen molar-refractivity contribution in [1.29, 1.82) is 0 Å². The average molecular weight is 252 g/mol. The van der Waals surface area contributed by atoms with Crippen molar-refractivity contribution in [2.45, 2.75) is 71.4 Å². The summed E-state index contributed by atoms with van der Waals surface area (Å²) in [7, 11) is 0. The maximum absolute atomic E-state index is 3.83. The fourth-order valence-corrected chi connectivity index (χ4v) is 3.60. The fourth-order valence-electron chi connectivity index (χ4n) is 3.60. The van der Waals surface area contributed by atoms with Gasteiger partial charge in [0, 0.05) is 18.6 Å². The van der Waals surface area contributed by atoms with E-state index in [-0.39, 0.29) is 0 Å². The maximum Gasteiger partial charge on any atom is 0.0207 e. The highest BCUT2D eigenvalue weighted by atomic mass is 15.2. The van der Waals surface area contributed by atoms with Crippen LogP contribution in [0.1, 0.15) is 59.3 Å². The number of hydrogen-bond acceptors (Lipinski definition) is 2. The maximum atomic E-state index is 3.83. The Labute approximate surface area is 114 Å². The summed E-state index contributed by atoms with van der Waals surface area (Å²) in [5.74, 6) is 1.99. The number of nitrogens with one attached hydrogen (secondary N) is 1. The van der Waals surface area contributed by atoms with E-state index in [2.05, 4.69) is 31.0 Å². The van der Waals surface area contributed by atoms with Crippen LogP contribution in [-0.4, -0.2) is 36.6 Å². The van der Waals surface area contributed by atoms with Gasteiger partial charge in [-0.3, -0.25) is 4.90 Å². The van der Waals surface area contributed by atoms with Crippen molar-refractivity contribution in [2.75, 3.05) is 19.6 Å². The predicted octanol–water partition coefficient (Wildman–Crippen LogP) is 3.28. The molecule has 2 rings (SSSR count). The molecule has 1 saturated heterocycles. The summed E-state index contributed by atoms with van der Waals surface area (Å²) < 4.78 is 0. The van der Waals surface area contributed by atoms with Gasteiger partial charge in [-0.15, -0.1) is 0 Å². The number of nitrogens with zero attached hydrogens (tertiary/aromatic N) is 1. The van der Waals surface area contributed by atoms with Crippen LogP contribution in [0, 0.1) is 11.8 Å². The van der Waals surface area contributed by atoms with Gasteiger partial charge in [0.15, 0.2) is 0 Å². The first-order valence-electron chi connectivity index (χ1n) is 8.16. The second-order valence-electron chi connectivity index (χ2n) is 6.78. The molecule has 106 valence electrons. The number of hydrogen-bond donors (Lipinski definition) is 1. The lowest BCUT2D eigenvalue weighted by molar-refractivity contribution is 0.247. The Morgan fingerprint density at radius 3 is 2.28 bits per heavy atom. The van der Waals surface area contributed by atoms with Crippen molar-refractivity contribution in [3.05, 3.63) is 0 Å². The van der Waals surface area contributed by atoms with Gasteiger partial charge < -0.3 is 5.32 Å². The largest absolute Gasteiger partial charge is 0.312 e. The molecule has 0 amide bonds. The van der Waals surface area contributed by atoms with E-state index in [1.165, 1.54) is 58.2 Å². The molecule has 2 heteroatoms. The minimum Gasteiger partial charge on any atom is -0.312 e. The van der Waals surface area contributed by atoms with Crippen molar-refractivity contribution < 1.29 is 0 Å². The van der Waals surface area contributed by atoms with Crippen LogP contribution >= 0.6 is 0 Å². The van der Waals surface area contributed by atoms with Gasteiger partial charge in [-0.1, -0.05) is 26.2 Å². The van der Waals surface area contributed by atoms with Crippen LogP contribution in [-0.2, 0) is 0 Å². The Bertz CT molecular complexity index is 231. The van der Waals surface area contributed by atoms with Crippen LogP contribution in [0.3, 0.4) is 0 Å². The summed E-state index contributed by atoms with van der Waals surface area (Å²) in [6.45, 7) is 10.8. The van der Waals surface area contributed by atoms with E-state index in [1.807, 2.05) is 0 Å². The van der Waals surface area contributed by atoms with Gasteiger partial charge in [0.25, 0.3) is 0 Å². The van der Waals surface area contributed by atoms with Crippen molar-refractivity contribution in [2.24, 2.45) is 11.8 Å². The van der Waals surface area contributed by atoms with Crippen molar-refractivity contribution in [1.82, 2.24) is 10.2 Å². The highest BCUT2D eigenvalue weighted by molar-refractivity contribution is 4.84. The molecule has 2 nitrogen and oxygen atoms in total. The minimum atomic E-state index is 0.719. The van der Waals surface area contributed by atoms with Crippen LogP contribution in [0.25, 0.3) is 0 Å². The first kappa shape index (κ1) is 14.3. The first-order chi connectivity index (χ1) is 8.69. The van der Waals surface area contributed by atoms with E-state index in [4.69, 9.17) is 0 Å². The Balaban J connectivity index is 1.61. The normalized spacial score (nSPS) is 34.3. The molecule has 18 heavy (non-hydrogen) atoms. The van der Waals surface area contributed by atoms with E-state index in [0.717, 1.165) is 23.9 Å². The van der Waals surface area contributed by atoms with Gasteiger partial charge in [0.1, 0.15) is 0 Å².